The summed E-state index contributed by atoms with van der Waals surface area (Å²) in [6.07, 6.45) is 2.47. The van der Waals surface area contributed by atoms with Crippen molar-refractivity contribution in [3.63, 3.8) is 0 Å². The van der Waals surface area contributed by atoms with E-state index >= 15 is 0 Å². The van der Waals surface area contributed by atoms with Gasteiger partial charge in [-0.3, -0.25) is 0 Å². The van der Waals surface area contributed by atoms with E-state index < -0.39 is 9.05 Å². The molecule has 5 heteroatoms. The van der Waals surface area contributed by atoms with Gasteiger partial charge in [0.2, 0.25) is 0 Å². The molecule has 0 aromatic rings. The highest BCUT2D eigenvalue weighted by molar-refractivity contribution is 6.53. The van der Waals surface area contributed by atoms with Gasteiger partial charge in [-0.05, 0) is 12.8 Å². The van der Waals surface area contributed by atoms with Crippen LogP contribution in [0.3, 0.4) is 0 Å². The van der Waals surface area contributed by atoms with Crippen LogP contribution >= 0.6 is 0 Å². The third kappa shape index (κ3) is 2.24. The summed E-state index contributed by atoms with van der Waals surface area (Å²) in [6, 6.07) is 0. The van der Waals surface area contributed by atoms with Crippen molar-refractivity contribution in [3.8, 4) is 0 Å². The second-order valence-electron chi connectivity index (χ2n) is 2.43. The van der Waals surface area contributed by atoms with Crippen LogP contribution in [0.4, 0.5) is 0 Å². The van der Waals surface area contributed by atoms with Crippen LogP contribution in [-0.2, 0) is 17.7 Å². The molecule has 0 heterocycles. The van der Waals surface area contributed by atoms with Crippen LogP contribution in [0.5, 0.6) is 0 Å². The Kier molecular flexibility index (Phi) is 3.03. The molecule has 1 saturated carbocycles. The zero-order valence-corrected chi connectivity index (χ0v) is 8.12. The smallest absolute Gasteiger partial charge is 0.355 e. The maximum absolute atomic E-state index is 5.47. The minimum absolute atomic E-state index is 0.293. The highest BCUT2D eigenvalue weighted by atomic mass is 28.4. The molecule has 1 aliphatic carbocycles. The van der Waals surface area contributed by atoms with Crippen molar-refractivity contribution in [2.45, 2.75) is 18.9 Å². The molecule has 0 radical (unpaired) electrons. The molecule has 0 aliphatic heterocycles. The molecule has 11 heavy (non-hydrogen) atoms. The van der Waals surface area contributed by atoms with E-state index in [-0.39, 0.29) is 0 Å². The van der Waals surface area contributed by atoms with Gasteiger partial charge in [0.25, 0.3) is 0 Å². The molecule has 0 unspecified atom stereocenters. The minimum Gasteiger partial charge on any atom is -0.355 e. The van der Waals surface area contributed by atoms with Gasteiger partial charge in [-0.25, -0.2) is 0 Å². The summed E-state index contributed by atoms with van der Waals surface area (Å²) in [5, 5.41) is 0. The fraction of sp³-hybridized carbons (Fsp3) is 1.00. The van der Waals surface area contributed by atoms with Crippen molar-refractivity contribution >= 4 is 9.05 Å². The van der Waals surface area contributed by atoms with E-state index in [2.05, 4.69) is 0 Å². The van der Waals surface area contributed by atoms with E-state index in [0.717, 1.165) is 12.8 Å². The Hall–Kier alpha value is 0.0569. The zero-order chi connectivity index (χ0) is 8.32. The minimum atomic E-state index is -2.72. The normalized spacial score (nSPS) is 18.8. The number of rotatable bonds is 5. The Balaban J connectivity index is 2.39. The molecule has 4 nitrogen and oxygen atoms in total. The summed E-state index contributed by atoms with van der Waals surface area (Å²) in [4.78, 5) is 0. The summed E-state index contributed by atoms with van der Waals surface area (Å²) in [6.45, 7) is 0. The molecule has 0 N–H and O–H groups in total. The van der Waals surface area contributed by atoms with E-state index in [1.54, 1.807) is 21.3 Å². The van der Waals surface area contributed by atoms with E-state index in [1.807, 2.05) is 0 Å². The molecule has 0 aromatic heterocycles. The predicted octanol–water partition coefficient (Wildman–Crippen LogP) is 0.540. The van der Waals surface area contributed by atoms with E-state index in [9.17, 15) is 0 Å². The van der Waals surface area contributed by atoms with Crippen LogP contribution in [0, 0.1) is 0 Å². The average Bonchev–Trinajstić information content (AvgIpc) is 2.84. The predicted molar refractivity (Wildman–Crippen MR) is 40.9 cm³/mol. The summed E-state index contributed by atoms with van der Waals surface area (Å²) in [5.41, 5.74) is 0. The Labute approximate surface area is 67.9 Å². The molecular weight excluding hydrogens is 164 g/mol. The average molecular weight is 178 g/mol. The van der Waals surface area contributed by atoms with E-state index in [4.69, 9.17) is 17.7 Å². The van der Waals surface area contributed by atoms with Crippen LogP contribution in [0.25, 0.3) is 0 Å². The first kappa shape index (κ1) is 9.15. The lowest BCUT2D eigenvalue weighted by molar-refractivity contribution is 0.000595. The van der Waals surface area contributed by atoms with Gasteiger partial charge in [0, 0.05) is 21.3 Å². The quantitative estimate of drug-likeness (QED) is 0.576. The summed E-state index contributed by atoms with van der Waals surface area (Å²) < 4.78 is 20.6. The largest absolute Gasteiger partial charge is 0.679 e. The molecular formula is C6H14O4Si. The molecule has 0 bridgehead atoms. The van der Waals surface area contributed by atoms with E-state index in [0.29, 0.717) is 6.10 Å². The van der Waals surface area contributed by atoms with Crippen molar-refractivity contribution < 1.29 is 17.7 Å². The van der Waals surface area contributed by atoms with Gasteiger partial charge in [0.15, 0.2) is 0 Å². The number of hydrogen-bond acceptors (Lipinski definition) is 4. The van der Waals surface area contributed by atoms with Crippen LogP contribution in [-0.4, -0.2) is 36.5 Å². The molecule has 1 aliphatic rings. The third-order valence-electron chi connectivity index (χ3n) is 1.59. The molecule has 0 aromatic carbocycles. The van der Waals surface area contributed by atoms with Gasteiger partial charge in [0.05, 0.1) is 6.10 Å². The Bertz CT molecular complexity index is 113. The van der Waals surface area contributed by atoms with Gasteiger partial charge < -0.3 is 17.7 Å². The van der Waals surface area contributed by atoms with Gasteiger partial charge in [-0.15, -0.1) is 0 Å². The highest BCUT2D eigenvalue weighted by Crippen LogP contribution is 2.27. The van der Waals surface area contributed by atoms with Crippen molar-refractivity contribution in [3.05, 3.63) is 0 Å². The lowest BCUT2D eigenvalue weighted by atomic mass is 10.9. The second kappa shape index (κ2) is 3.64. The van der Waals surface area contributed by atoms with Crippen molar-refractivity contribution in [1.29, 1.82) is 0 Å². The van der Waals surface area contributed by atoms with Crippen LogP contribution in [0.2, 0.25) is 0 Å². The van der Waals surface area contributed by atoms with Gasteiger partial charge in [-0.1, -0.05) is 0 Å². The summed E-state index contributed by atoms with van der Waals surface area (Å²) >= 11 is 0. The summed E-state index contributed by atoms with van der Waals surface area (Å²) in [7, 11) is 1.91. The molecule has 0 atom stereocenters. The van der Waals surface area contributed by atoms with Crippen molar-refractivity contribution in [2.24, 2.45) is 0 Å². The monoisotopic (exact) mass is 178 g/mol. The topological polar surface area (TPSA) is 36.9 Å². The van der Waals surface area contributed by atoms with Crippen molar-refractivity contribution in [1.82, 2.24) is 0 Å². The van der Waals surface area contributed by atoms with Crippen LogP contribution in [0.1, 0.15) is 12.8 Å². The Morgan fingerprint density at radius 3 is 1.73 bits per heavy atom. The van der Waals surface area contributed by atoms with Crippen LogP contribution < -0.4 is 0 Å². The molecule has 1 fully saturated rings. The molecule has 0 spiro atoms. The first-order valence-corrected chi connectivity index (χ1v) is 5.23. The van der Waals surface area contributed by atoms with Crippen LogP contribution in [0.15, 0.2) is 0 Å². The lowest BCUT2D eigenvalue weighted by Gasteiger charge is -2.22. The fourth-order valence-corrected chi connectivity index (χ4v) is 2.22. The Morgan fingerprint density at radius 2 is 1.45 bits per heavy atom. The molecule has 0 saturated heterocycles. The molecule has 0 amide bonds. The maximum atomic E-state index is 5.47. The SMILES string of the molecule is CO[Si](OC)(OC)OC1CC1. The van der Waals surface area contributed by atoms with Crippen molar-refractivity contribution in [2.75, 3.05) is 21.3 Å². The van der Waals surface area contributed by atoms with Gasteiger partial charge in [-0.2, -0.15) is 0 Å². The second-order valence-corrected chi connectivity index (χ2v) is 4.89. The first-order valence-electron chi connectivity index (χ1n) is 3.59. The summed E-state index contributed by atoms with van der Waals surface area (Å²) in [5.74, 6) is 0. The lowest BCUT2D eigenvalue weighted by Crippen LogP contribution is -2.47. The van der Waals surface area contributed by atoms with E-state index in [1.165, 1.54) is 0 Å². The standard InChI is InChI=1S/C6H14O4Si/c1-7-11(8-2,9-3)10-6-4-5-6/h6H,4-5H2,1-3H3. The zero-order valence-electron chi connectivity index (χ0n) is 7.12. The first-order chi connectivity index (χ1) is 5.26. The third-order valence-corrected chi connectivity index (χ3v) is 3.71. The Morgan fingerprint density at radius 1 is 1.00 bits per heavy atom. The highest BCUT2D eigenvalue weighted by Gasteiger charge is 2.47. The van der Waals surface area contributed by atoms with Gasteiger partial charge >= 0.3 is 9.05 Å². The fourth-order valence-electron chi connectivity index (χ4n) is 0.784. The number of hydrogen-bond donors (Lipinski definition) is 0. The molecule has 1 rings (SSSR count). The maximum Gasteiger partial charge on any atom is 0.679 e. The molecule has 66 valence electrons. The van der Waals surface area contributed by atoms with Gasteiger partial charge in [0.1, 0.15) is 0 Å².